The molecule has 1 aliphatic heterocycles. The van der Waals surface area contributed by atoms with Gasteiger partial charge in [-0.2, -0.15) is 4.98 Å². The van der Waals surface area contributed by atoms with Crippen molar-refractivity contribution in [1.82, 2.24) is 25.0 Å². The summed E-state index contributed by atoms with van der Waals surface area (Å²) in [5, 5.41) is 5.99. The van der Waals surface area contributed by atoms with Crippen molar-refractivity contribution in [2.75, 3.05) is 13.1 Å². The van der Waals surface area contributed by atoms with E-state index >= 15 is 0 Å². The van der Waals surface area contributed by atoms with Gasteiger partial charge in [0.05, 0.1) is 6.20 Å². The number of likely N-dealkylation sites (tertiary alicyclic amines) is 1. The van der Waals surface area contributed by atoms with Crippen LogP contribution in [0.15, 0.2) is 46.7 Å². The van der Waals surface area contributed by atoms with Crippen molar-refractivity contribution in [2.24, 2.45) is 5.92 Å². The normalized spacial score (nSPS) is 17.5. The molecule has 0 radical (unpaired) electrons. The number of aromatic nitrogens is 4. The molecule has 27 heavy (non-hydrogen) atoms. The molecule has 4 heterocycles. The first kappa shape index (κ1) is 17.5. The van der Waals surface area contributed by atoms with Crippen LogP contribution in [0.25, 0.3) is 17.6 Å². The zero-order valence-corrected chi connectivity index (χ0v) is 15.5. The Hall–Kier alpha value is -2.87. The van der Waals surface area contributed by atoms with E-state index in [1.54, 1.807) is 36.0 Å². The van der Waals surface area contributed by atoms with Crippen LogP contribution in [-0.4, -0.2) is 44.0 Å². The minimum Gasteiger partial charge on any atom is -0.339 e. The topological polar surface area (TPSA) is 85.0 Å². The van der Waals surface area contributed by atoms with Gasteiger partial charge in [-0.05, 0) is 36.3 Å². The molecular formula is C19H19N5O2S. The fourth-order valence-corrected chi connectivity index (χ4v) is 3.80. The molecule has 0 aliphatic carbocycles. The average molecular weight is 381 g/mol. The first-order chi connectivity index (χ1) is 13.3. The zero-order chi connectivity index (χ0) is 18.5. The van der Waals surface area contributed by atoms with Crippen LogP contribution in [0.2, 0.25) is 0 Å². The first-order valence-corrected chi connectivity index (χ1v) is 9.75. The van der Waals surface area contributed by atoms with Gasteiger partial charge in [-0.3, -0.25) is 9.78 Å². The number of nitrogens with zero attached hydrogens (tertiary/aromatic N) is 5. The Labute approximate surface area is 160 Å². The molecule has 0 N–H and O–H groups in total. The van der Waals surface area contributed by atoms with Gasteiger partial charge < -0.3 is 9.42 Å². The van der Waals surface area contributed by atoms with Crippen LogP contribution in [0.4, 0.5) is 0 Å². The average Bonchev–Trinajstić information content (AvgIpc) is 3.39. The van der Waals surface area contributed by atoms with E-state index < -0.39 is 0 Å². The number of carbonyl (C=O) groups excluding carboxylic acids is 1. The molecule has 4 rings (SSSR count). The fourth-order valence-electron chi connectivity index (χ4n) is 3.18. The smallest absolute Gasteiger partial charge is 0.246 e. The molecule has 1 aliphatic rings. The van der Waals surface area contributed by atoms with Gasteiger partial charge in [-0.15, -0.1) is 11.3 Å². The van der Waals surface area contributed by atoms with Crippen molar-refractivity contribution in [3.05, 3.63) is 52.9 Å². The molecule has 3 aromatic rings. The Morgan fingerprint density at radius 2 is 2.37 bits per heavy atom. The van der Waals surface area contributed by atoms with Crippen molar-refractivity contribution in [2.45, 2.75) is 19.3 Å². The number of amides is 1. The Kier molecular flexibility index (Phi) is 5.34. The van der Waals surface area contributed by atoms with E-state index in [-0.39, 0.29) is 5.91 Å². The lowest BCUT2D eigenvalue weighted by Crippen LogP contribution is -2.39. The van der Waals surface area contributed by atoms with E-state index in [4.69, 9.17) is 4.52 Å². The summed E-state index contributed by atoms with van der Waals surface area (Å²) in [5.41, 5.74) is 0.590. The van der Waals surface area contributed by atoms with Crippen LogP contribution in [0.1, 0.15) is 23.6 Å². The summed E-state index contributed by atoms with van der Waals surface area (Å²) in [6.07, 6.45) is 11.0. The van der Waals surface area contributed by atoms with Crippen molar-refractivity contribution in [1.29, 1.82) is 0 Å². The third-order valence-electron chi connectivity index (χ3n) is 4.49. The molecule has 0 saturated carbocycles. The van der Waals surface area contributed by atoms with Gasteiger partial charge >= 0.3 is 0 Å². The Balaban J connectivity index is 1.36. The zero-order valence-electron chi connectivity index (χ0n) is 14.7. The van der Waals surface area contributed by atoms with Crippen LogP contribution in [0.3, 0.4) is 0 Å². The van der Waals surface area contributed by atoms with Gasteiger partial charge in [0, 0.05) is 42.9 Å². The standard InChI is InChI=1S/C19H19N5O2S/c25-18(6-5-15-4-2-10-27-15)24-9-1-3-14(13-24)11-17-22-19(23-26-17)16-12-20-7-8-21-16/h2,4-8,10,12,14H,1,3,9,11,13H2/b6-5-/t14-/m1/s1. The molecule has 7 nitrogen and oxygen atoms in total. The third kappa shape index (κ3) is 4.46. The second-order valence-corrected chi connectivity index (χ2v) is 7.43. The summed E-state index contributed by atoms with van der Waals surface area (Å²) >= 11 is 1.62. The number of carbonyl (C=O) groups is 1. The van der Waals surface area contributed by atoms with Crippen LogP contribution in [0, 0.1) is 5.92 Å². The second-order valence-electron chi connectivity index (χ2n) is 6.45. The van der Waals surface area contributed by atoms with Gasteiger partial charge in [0.1, 0.15) is 5.69 Å². The monoisotopic (exact) mass is 381 g/mol. The predicted octanol–water partition coefficient (Wildman–Crippen LogP) is 3.08. The maximum Gasteiger partial charge on any atom is 0.246 e. The maximum absolute atomic E-state index is 12.5. The van der Waals surface area contributed by atoms with Gasteiger partial charge in [-0.1, -0.05) is 11.2 Å². The van der Waals surface area contributed by atoms with E-state index in [2.05, 4.69) is 20.1 Å². The molecule has 1 saturated heterocycles. The molecule has 1 fully saturated rings. The summed E-state index contributed by atoms with van der Waals surface area (Å²) in [6.45, 7) is 1.50. The highest BCUT2D eigenvalue weighted by atomic mass is 32.1. The highest BCUT2D eigenvalue weighted by Crippen LogP contribution is 2.22. The third-order valence-corrected chi connectivity index (χ3v) is 5.33. The summed E-state index contributed by atoms with van der Waals surface area (Å²) in [5.74, 6) is 1.39. The predicted molar refractivity (Wildman–Crippen MR) is 102 cm³/mol. The molecule has 0 aromatic carbocycles. The molecule has 0 spiro atoms. The Bertz CT molecular complexity index is 907. The molecule has 0 unspecified atom stereocenters. The molecule has 1 atom stereocenters. The van der Waals surface area contributed by atoms with Crippen LogP contribution < -0.4 is 0 Å². The molecule has 1 amide bonds. The quantitative estimate of drug-likeness (QED) is 0.632. The van der Waals surface area contributed by atoms with E-state index in [9.17, 15) is 4.79 Å². The second kappa shape index (κ2) is 8.22. The Morgan fingerprint density at radius 3 is 3.19 bits per heavy atom. The number of hydrogen-bond donors (Lipinski definition) is 0. The summed E-state index contributed by atoms with van der Waals surface area (Å²) in [6, 6.07) is 3.98. The minimum absolute atomic E-state index is 0.0545. The lowest BCUT2D eigenvalue weighted by Gasteiger charge is -2.31. The summed E-state index contributed by atoms with van der Waals surface area (Å²) < 4.78 is 5.37. The lowest BCUT2D eigenvalue weighted by molar-refractivity contribution is -0.127. The molecule has 3 aromatic heterocycles. The van der Waals surface area contributed by atoms with Gasteiger partial charge in [0.2, 0.25) is 17.6 Å². The molecule has 8 heteroatoms. The van der Waals surface area contributed by atoms with Gasteiger partial charge in [-0.25, -0.2) is 4.98 Å². The van der Waals surface area contributed by atoms with Crippen LogP contribution >= 0.6 is 11.3 Å². The summed E-state index contributed by atoms with van der Waals surface area (Å²) in [7, 11) is 0. The maximum atomic E-state index is 12.5. The number of rotatable bonds is 5. The van der Waals surface area contributed by atoms with E-state index in [0.717, 1.165) is 24.3 Å². The van der Waals surface area contributed by atoms with Crippen LogP contribution in [0.5, 0.6) is 0 Å². The highest BCUT2D eigenvalue weighted by molar-refractivity contribution is 7.10. The van der Waals surface area contributed by atoms with Crippen molar-refractivity contribution in [3.8, 4) is 11.5 Å². The number of hydrogen-bond acceptors (Lipinski definition) is 7. The van der Waals surface area contributed by atoms with Crippen molar-refractivity contribution < 1.29 is 9.32 Å². The van der Waals surface area contributed by atoms with E-state index in [1.807, 2.05) is 28.5 Å². The first-order valence-electron chi connectivity index (χ1n) is 8.87. The number of piperidine rings is 1. The molecule has 138 valence electrons. The molecule has 0 bridgehead atoms. The SMILES string of the molecule is O=C(/C=C\c1cccs1)N1CCC[C@H](Cc2nc(-c3cnccn3)no2)C1. The Morgan fingerprint density at radius 1 is 1.41 bits per heavy atom. The summed E-state index contributed by atoms with van der Waals surface area (Å²) in [4.78, 5) is 28.1. The van der Waals surface area contributed by atoms with Gasteiger partial charge in [0.25, 0.3) is 0 Å². The minimum atomic E-state index is 0.0545. The largest absolute Gasteiger partial charge is 0.339 e. The number of thiophene rings is 1. The fraction of sp³-hybridized carbons (Fsp3) is 0.316. The highest BCUT2D eigenvalue weighted by Gasteiger charge is 2.24. The molecular weight excluding hydrogens is 362 g/mol. The van der Waals surface area contributed by atoms with Crippen molar-refractivity contribution in [3.63, 3.8) is 0 Å². The van der Waals surface area contributed by atoms with E-state index in [0.29, 0.717) is 36.3 Å². The van der Waals surface area contributed by atoms with E-state index in [1.165, 1.54) is 0 Å². The van der Waals surface area contributed by atoms with Crippen molar-refractivity contribution >= 4 is 23.3 Å². The van der Waals surface area contributed by atoms with Gasteiger partial charge in [0.15, 0.2) is 0 Å². The lowest BCUT2D eigenvalue weighted by atomic mass is 9.94. The van der Waals surface area contributed by atoms with Crippen LogP contribution in [-0.2, 0) is 11.2 Å².